The lowest BCUT2D eigenvalue weighted by Crippen LogP contribution is -2.36. The van der Waals surface area contributed by atoms with Crippen LogP contribution in [0.25, 0.3) is 10.9 Å². The van der Waals surface area contributed by atoms with Crippen molar-refractivity contribution < 1.29 is 9.13 Å². The summed E-state index contributed by atoms with van der Waals surface area (Å²) in [6.07, 6.45) is 3.16. The van der Waals surface area contributed by atoms with Gasteiger partial charge in [0.2, 0.25) is 5.95 Å². The lowest BCUT2D eigenvalue weighted by atomic mass is 10.1. The molecule has 29 heavy (non-hydrogen) atoms. The number of ether oxygens (including phenoxy) is 1. The molecular formula is C22H21FN4O2. The zero-order chi connectivity index (χ0) is 20.4. The minimum absolute atomic E-state index is 0.00565. The number of hydrogen-bond donors (Lipinski definition) is 0. The van der Waals surface area contributed by atoms with Gasteiger partial charge in [-0.1, -0.05) is 18.2 Å². The normalized spacial score (nSPS) is 14.0. The molecule has 2 aromatic carbocycles. The number of nitriles is 1. The van der Waals surface area contributed by atoms with Crippen molar-refractivity contribution >= 4 is 16.9 Å². The molecule has 1 aliphatic heterocycles. The molecule has 3 aromatic rings. The summed E-state index contributed by atoms with van der Waals surface area (Å²) < 4.78 is 20.9. The number of halogens is 1. The number of hydrogen-bond acceptors (Lipinski definition) is 5. The summed E-state index contributed by atoms with van der Waals surface area (Å²) in [7, 11) is 1.36. The van der Waals surface area contributed by atoms with E-state index in [9.17, 15) is 14.4 Å². The first kappa shape index (κ1) is 18.9. The van der Waals surface area contributed by atoms with E-state index < -0.39 is 5.82 Å². The fraction of sp³-hybridized carbons (Fsp3) is 0.318. The lowest BCUT2D eigenvalue weighted by molar-refractivity contribution is 0.387. The highest BCUT2D eigenvalue weighted by Gasteiger charge is 2.21. The summed E-state index contributed by atoms with van der Waals surface area (Å²) in [5, 5.41) is 9.72. The Kier molecular flexibility index (Phi) is 5.17. The standard InChI is InChI=1S/C22H21FN4O2/c1-29-20-11-17-19(12-18(20)23)25-22(26-9-5-2-6-10-26)27(21(17)28)14-16-8-4-3-7-15(16)13-24/h3-4,7-8,11-12H,2,5-6,9-10,14H2,1H3. The largest absolute Gasteiger partial charge is 0.494 e. The summed E-state index contributed by atoms with van der Waals surface area (Å²) in [6, 6.07) is 12.0. The third kappa shape index (κ3) is 3.54. The molecule has 1 saturated heterocycles. The highest BCUT2D eigenvalue weighted by atomic mass is 19.1. The van der Waals surface area contributed by atoms with E-state index in [1.165, 1.54) is 19.2 Å². The van der Waals surface area contributed by atoms with Crippen LogP contribution in [0.3, 0.4) is 0 Å². The zero-order valence-corrected chi connectivity index (χ0v) is 16.2. The van der Waals surface area contributed by atoms with Crippen LogP contribution in [0.15, 0.2) is 41.2 Å². The Labute approximate surface area is 167 Å². The number of nitrogens with zero attached hydrogens (tertiary/aromatic N) is 4. The molecule has 148 valence electrons. The van der Waals surface area contributed by atoms with Gasteiger partial charge in [-0.3, -0.25) is 9.36 Å². The second-order valence-electron chi connectivity index (χ2n) is 7.12. The first-order valence-corrected chi connectivity index (χ1v) is 9.63. The molecule has 0 unspecified atom stereocenters. The fourth-order valence-electron chi connectivity index (χ4n) is 3.78. The SMILES string of the molecule is COc1cc2c(=O)n(Cc3ccccc3C#N)c(N3CCCCC3)nc2cc1F. The molecule has 0 radical (unpaired) electrons. The first-order valence-electron chi connectivity index (χ1n) is 9.63. The van der Waals surface area contributed by atoms with Gasteiger partial charge in [0.05, 0.1) is 36.2 Å². The van der Waals surface area contributed by atoms with Gasteiger partial charge in [-0.2, -0.15) is 5.26 Å². The summed E-state index contributed by atoms with van der Waals surface area (Å²) in [4.78, 5) is 20.1. The molecule has 6 nitrogen and oxygen atoms in total. The number of anilines is 1. The van der Waals surface area contributed by atoms with Crippen LogP contribution in [0, 0.1) is 17.1 Å². The smallest absolute Gasteiger partial charge is 0.263 e. The van der Waals surface area contributed by atoms with Crippen molar-refractivity contribution in [2.24, 2.45) is 0 Å². The number of methoxy groups -OCH3 is 1. The molecule has 2 heterocycles. The van der Waals surface area contributed by atoms with E-state index in [1.54, 1.807) is 16.7 Å². The van der Waals surface area contributed by atoms with Crippen LogP contribution in [-0.2, 0) is 6.54 Å². The van der Waals surface area contributed by atoms with E-state index in [2.05, 4.69) is 16.0 Å². The predicted molar refractivity (Wildman–Crippen MR) is 109 cm³/mol. The molecule has 0 amide bonds. The van der Waals surface area contributed by atoms with Crippen molar-refractivity contribution in [3.05, 3.63) is 63.7 Å². The van der Waals surface area contributed by atoms with Crippen LogP contribution < -0.4 is 15.2 Å². The highest BCUT2D eigenvalue weighted by molar-refractivity contribution is 5.80. The summed E-state index contributed by atoms with van der Waals surface area (Å²) >= 11 is 0. The van der Waals surface area contributed by atoms with Crippen LogP contribution in [0.5, 0.6) is 5.75 Å². The van der Waals surface area contributed by atoms with E-state index in [4.69, 9.17) is 4.74 Å². The van der Waals surface area contributed by atoms with Gasteiger partial charge in [0.1, 0.15) is 0 Å². The highest BCUT2D eigenvalue weighted by Crippen LogP contribution is 2.25. The van der Waals surface area contributed by atoms with Gasteiger partial charge in [0.15, 0.2) is 11.6 Å². The number of piperidine rings is 1. The van der Waals surface area contributed by atoms with E-state index in [0.29, 0.717) is 22.4 Å². The van der Waals surface area contributed by atoms with Crippen molar-refractivity contribution in [1.29, 1.82) is 5.26 Å². The lowest BCUT2D eigenvalue weighted by Gasteiger charge is -2.30. The van der Waals surface area contributed by atoms with E-state index in [0.717, 1.165) is 37.9 Å². The molecule has 0 saturated carbocycles. The Balaban J connectivity index is 1.93. The van der Waals surface area contributed by atoms with Gasteiger partial charge < -0.3 is 9.64 Å². The number of rotatable bonds is 4. The van der Waals surface area contributed by atoms with Gasteiger partial charge in [-0.15, -0.1) is 0 Å². The minimum atomic E-state index is -0.552. The summed E-state index contributed by atoms with van der Waals surface area (Å²) in [6.45, 7) is 1.80. The topological polar surface area (TPSA) is 71.2 Å². The third-order valence-corrected chi connectivity index (χ3v) is 5.31. The average Bonchev–Trinajstić information content (AvgIpc) is 2.76. The second-order valence-corrected chi connectivity index (χ2v) is 7.12. The third-order valence-electron chi connectivity index (χ3n) is 5.31. The van der Waals surface area contributed by atoms with Crippen molar-refractivity contribution in [3.63, 3.8) is 0 Å². The van der Waals surface area contributed by atoms with Crippen LogP contribution in [0.1, 0.15) is 30.4 Å². The molecular weight excluding hydrogens is 371 g/mol. The molecule has 0 N–H and O–H groups in total. The van der Waals surface area contributed by atoms with Crippen LogP contribution in [0.4, 0.5) is 10.3 Å². The number of fused-ring (bicyclic) bond motifs is 1. The quantitative estimate of drug-likeness (QED) is 0.680. The second kappa shape index (κ2) is 7.92. The van der Waals surface area contributed by atoms with E-state index in [1.807, 2.05) is 12.1 Å². The van der Waals surface area contributed by atoms with Crippen molar-refractivity contribution in [3.8, 4) is 11.8 Å². The van der Waals surface area contributed by atoms with Crippen LogP contribution in [0.2, 0.25) is 0 Å². The average molecular weight is 392 g/mol. The molecule has 0 spiro atoms. The Hall–Kier alpha value is -3.40. The van der Waals surface area contributed by atoms with Gasteiger partial charge >= 0.3 is 0 Å². The maximum atomic E-state index is 14.2. The number of benzene rings is 2. The van der Waals surface area contributed by atoms with Gasteiger partial charge in [-0.25, -0.2) is 9.37 Å². The maximum Gasteiger partial charge on any atom is 0.263 e. The van der Waals surface area contributed by atoms with Crippen molar-refractivity contribution in [2.45, 2.75) is 25.8 Å². The molecule has 7 heteroatoms. The predicted octanol–water partition coefficient (Wildman–Crippen LogP) is 3.45. The fourth-order valence-corrected chi connectivity index (χ4v) is 3.78. The van der Waals surface area contributed by atoms with Gasteiger partial charge in [0.25, 0.3) is 5.56 Å². The Bertz CT molecular complexity index is 1160. The van der Waals surface area contributed by atoms with Gasteiger partial charge in [-0.05, 0) is 37.0 Å². The van der Waals surface area contributed by atoms with E-state index in [-0.39, 0.29) is 17.9 Å². The molecule has 1 aromatic heterocycles. The van der Waals surface area contributed by atoms with Crippen LogP contribution >= 0.6 is 0 Å². The van der Waals surface area contributed by atoms with Crippen molar-refractivity contribution in [1.82, 2.24) is 9.55 Å². The molecule has 0 aliphatic carbocycles. The summed E-state index contributed by atoms with van der Waals surface area (Å²) in [5.41, 5.74) is 1.28. The number of aromatic nitrogens is 2. The molecule has 1 aliphatic rings. The Morgan fingerprint density at radius 1 is 1.21 bits per heavy atom. The molecule has 4 rings (SSSR count). The summed E-state index contributed by atoms with van der Waals surface area (Å²) in [5.74, 6) is -0.0327. The molecule has 0 bridgehead atoms. The van der Waals surface area contributed by atoms with Crippen LogP contribution in [-0.4, -0.2) is 29.8 Å². The first-order chi connectivity index (χ1) is 14.1. The van der Waals surface area contributed by atoms with Gasteiger partial charge in [0, 0.05) is 19.2 Å². The molecule has 1 fully saturated rings. The van der Waals surface area contributed by atoms with E-state index >= 15 is 0 Å². The monoisotopic (exact) mass is 392 g/mol. The molecule has 0 atom stereocenters. The maximum absolute atomic E-state index is 14.2. The Morgan fingerprint density at radius 3 is 2.69 bits per heavy atom. The Morgan fingerprint density at radius 2 is 1.97 bits per heavy atom. The minimum Gasteiger partial charge on any atom is -0.494 e. The zero-order valence-electron chi connectivity index (χ0n) is 16.2. The van der Waals surface area contributed by atoms with Crippen molar-refractivity contribution in [2.75, 3.05) is 25.1 Å².